The van der Waals surface area contributed by atoms with E-state index in [0.717, 1.165) is 50.2 Å². The van der Waals surface area contributed by atoms with E-state index in [2.05, 4.69) is 40.8 Å². The van der Waals surface area contributed by atoms with Crippen LogP contribution in [-0.4, -0.2) is 63.0 Å². The Morgan fingerprint density at radius 3 is 2.96 bits per heavy atom. The zero-order chi connectivity index (χ0) is 17.1. The maximum absolute atomic E-state index is 10.9. The van der Waals surface area contributed by atoms with Gasteiger partial charge in [-0.3, -0.25) is 14.6 Å². The molecule has 0 amide bonds. The SMILES string of the molecule is Cc1ccc2nc(CN3CCCC(N(C)CC(=O)O)CC3)cn2c1. The number of nitrogens with zero attached hydrogens (tertiary/aromatic N) is 4. The van der Waals surface area contributed by atoms with Crippen molar-refractivity contribution in [2.75, 3.05) is 26.7 Å². The molecule has 3 heterocycles. The minimum absolute atomic E-state index is 0.121. The predicted molar refractivity (Wildman–Crippen MR) is 93.1 cm³/mol. The fraction of sp³-hybridized carbons (Fsp3) is 0.556. The molecule has 6 nitrogen and oxygen atoms in total. The summed E-state index contributed by atoms with van der Waals surface area (Å²) in [5, 5.41) is 8.96. The van der Waals surface area contributed by atoms with E-state index in [-0.39, 0.29) is 6.54 Å². The number of hydrogen-bond acceptors (Lipinski definition) is 4. The Morgan fingerprint density at radius 2 is 2.17 bits per heavy atom. The summed E-state index contributed by atoms with van der Waals surface area (Å²) < 4.78 is 2.09. The number of likely N-dealkylation sites (tertiary alicyclic amines) is 1. The van der Waals surface area contributed by atoms with Crippen molar-refractivity contribution < 1.29 is 9.90 Å². The molecule has 3 rings (SSSR count). The third-order valence-corrected chi connectivity index (χ3v) is 4.83. The summed E-state index contributed by atoms with van der Waals surface area (Å²) in [6.07, 6.45) is 7.38. The van der Waals surface area contributed by atoms with Crippen molar-refractivity contribution in [2.45, 2.75) is 38.8 Å². The molecule has 0 bridgehead atoms. The highest BCUT2D eigenvalue weighted by Gasteiger charge is 2.22. The van der Waals surface area contributed by atoms with Gasteiger partial charge < -0.3 is 9.51 Å². The van der Waals surface area contributed by atoms with Crippen molar-refractivity contribution in [3.8, 4) is 0 Å². The van der Waals surface area contributed by atoms with Gasteiger partial charge in [-0.2, -0.15) is 0 Å². The Balaban J connectivity index is 1.60. The number of fused-ring (bicyclic) bond motifs is 1. The monoisotopic (exact) mass is 330 g/mol. The van der Waals surface area contributed by atoms with Crippen molar-refractivity contribution >= 4 is 11.6 Å². The van der Waals surface area contributed by atoms with Crippen LogP contribution in [0.4, 0.5) is 0 Å². The average Bonchev–Trinajstić information content (AvgIpc) is 2.74. The molecule has 6 heteroatoms. The first-order valence-electron chi connectivity index (χ1n) is 8.60. The molecule has 1 N–H and O–H groups in total. The van der Waals surface area contributed by atoms with Crippen molar-refractivity contribution in [2.24, 2.45) is 0 Å². The third-order valence-electron chi connectivity index (χ3n) is 4.83. The molecule has 2 aromatic rings. The van der Waals surface area contributed by atoms with Crippen LogP contribution in [0.25, 0.3) is 5.65 Å². The molecule has 130 valence electrons. The van der Waals surface area contributed by atoms with E-state index in [4.69, 9.17) is 10.1 Å². The number of imidazole rings is 1. The van der Waals surface area contributed by atoms with Gasteiger partial charge in [-0.05, 0) is 51.4 Å². The lowest BCUT2D eigenvalue weighted by Crippen LogP contribution is -2.36. The molecule has 1 aliphatic heterocycles. The summed E-state index contributed by atoms with van der Waals surface area (Å²) >= 11 is 0. The number of likely N-dealkylation sites (N-methyl/N-ethyl adjacent to an activating group) is 1. The topological polar surface area (TPSA) is 61.1 Å². The highest BCUT2D eigenvalue weighted by atomic mass is 16.4. The van der Waals surface area contributed by atoms with Gasteiger partial charge in [0, 0.05) is 31.5 Å². The van der Waals surface area contributed by atoms with Gasteiger partial charge in [0.1, 0.15) is 5.65 Å². The lowest BCUT2D eigenvalue weighted by molar-refractivity contribution is -0.138. The minimum atomic E-state index is -0.751. The zero-order valence-electron chi connectivity index (χ0n) is 14.5. The van der Waals surface area contributed by atoms with Crippen LogP contribution in [0.5, 0.6) is 0 Å². The first-order chi connectivity index (χ1) is 11.5. The second-order valence-electron chi connectivity index (χ2n) is 6.87. The molecule has 1 aliphatic rings. The molecule has 24 heavy (non-hydrogen) atoms. The number of hydrogen-bond donors (Lipinski definition) is 1. The quantitative estimate of drug-likeness (QED) is 0.909. The van der Waals surface area contributed by atoms with Crippen LogP contribution in [0.15, 0.2) is 24.5 Å². The number of carbonyl (C=O) groups is 1. The first-order valence-corrected chi connectivity index (χ1v) is 8.60. The molecule has 1 unspecified atom stereocenters. The van der Waals surface area contributed by atoms with Crippen LogP contribution in [-0.2, 0) is 11.3 Å². The van der Waals surface area contributed by atoms with Crippen LogP contribution in [0, 0.1) is 6.92 Å². The number of pyridine rings is 1. The molecule has 0 saturated carbocycles. The molecular weight excluding hydrogens is 304 g/mol. The second kappa shape index (κ2) is 7.32. The summed E-state index contributed by atoms with van der Waals surface area (Å²) in [4.78, 5) is 20.0. The molecule has 1 fully saturated rings. The first kappa shape index (κ1) is 16.9. The van der Waals surface area contributed by atoms with Gasteiger partial charge in [0.2, 0.25) is 0 Å². The smallest absolute Gasteiger partial charge is 0.317 e. The Labute approximate surface area is 142 Å². The van der Waals surface area contributed by atoms with Crippen molar-refractivity contribution in [3.63, 3.8) is 0 Å². The van der Waals surface area contributed by atoms with Crippen LogP contribution in [0.2, 0.25) is 0 Å². The Hall–Kier alpha value is -1.92. The largest absolute Gasteiger partial charge is 0.480 e. The molecule has 0 aliphatic carbocycles. The summed E-state index contributed by atoms with van der Waals surface area (Å²) in [6.45, 7) is 5.10. The fourth-order valence-corrected chi connectivity index (χ4v) is 3.54. The molecule has 0 aromatic carbocycles. The molecule has 0 radical (unpaired) electrons. The molecule has 1 saturated heterocycles. The van der Waals surface area contributed by atoms with E-state index >= 15 is 0 Å². The van der Waals surface area contributed by atoms with Gasteiger partial charge in [0.15, 0.2) is 0 Å². The van der Waals surface area contributed by atoms with E-state index in [1.54, 1.807) is 0 Å². The minimum Gasteiger partial charge on any atom is -0.480 e. The summed E-state index contributed by atoms with van der Waals surface area (Å²) in [7, 11) is 1.92. The molecular formula is C18H26N4O2. The van der Waals surface area contributed by atoms with Crippen LogP contribution >= 0.6 is 0 Å². The van der Waals surface area contributed by atoms with Gasteiger partial charge in [-0.1, -0.05) is 6.07 Å². The molecule has 2 aromatic heterocycles. The van der Waals surface area contributed by atoms with Gasteiger partial charge in [-0.25, -0.2) is 4.98 Å². The highest BCUT2D eigenvalue weighted by Crippen LogP contribution is 2.18. The van der Waals surface area contributed by atoms with Gasteiger partial charge >= 0.3 is 5.97 Å². The predicted octanol–water partition coefficient (Wildman–Crippen LogP) is 2.01. The lowest BCUT2D eigenvalue weighted by Gasteiger charge is -2.25. The zero-order valence-corrected chi connectivity index (χ0v) is 14.5. The summed E-state index contributed by atoms with van der Waals surface area (Å²) in [5.41, 5.74) is 3.31. The second-order valence-corrected chi connectivity index (χ2v) is 6.87. The van der Waals surface area contributed by atoms with E-state index in [1.165, 1.54) is 5.56 Å². The lowest BCUT2D eigenvalue weighted by atomic mass is 10.1. The average molecular weight is 330 g/mol. The number of aryl methyl sites for hydroxylation is 1. The van der Waals surface area contributed by atoms with Crippen LogP contribution in [0.3, 0.4) is 0 Å². The van der Waals surface area contributed by atoms with Crippen molar-refractivity contribution in [3.05, 3.63) is 35.8 Å². The standard InChI is InChI=1S/C18H26N4O2/c1-14-5-6-17-19-15(12-22(17)10-14)11-21-8-3-4-16(7-9-21)20(2)13-18(23)24/h5-6,10,12,16H,3-4,7-9,11,13H2,1-2H3,(H,23,24). The van der Waals surface area contributed by atoms with Gasteiger partial charge in [0.05, 0.1) is 12.2 Å². The van der Waals surface area contributed by atoms with Gasteiger partial charge in [0.25, 0.3) is 0 Å². The normalized spacial score (nSPS) is 19.7. The van der Waals surface area contributed by atoms with Gasteiger partial charge in [-0.15, -0.1) is 0 Å². The molecule has 0 spiro atoms. The van der Waals surface area contributed by atoms with E-state index in [9.17, 15) is 4.79 Å². The highest BCUT2D eigenvalue weighted by molar-refractivity contribution is 5.69. The number of aliphatic carboxylic acids is 1. The summed E-state index contributed by atoms with van der Waals surface area (Å²) in [6, 6.07) is 4.49. The third kappa shape index (κ3) is 4.13. The van der Waals surface area contributed by atoms with Crippen molar-refractivity contribution in [1.29, 1.82) is 0 Å². The summed E-state index contributed by atoms with van der Waals surface area (Å²) in [5.74, 6) is -0.751. The van der Waals surface area contributed by atoms with Crippen molar-refractivity contribution in [1.82, 2.24) is 19.2 Å². The Bertz CT molecular complexity index is 712. The van der Waals surface area contributed by atoms with Crippen LogP contribution < -0.4 is 0 Å². The van der Waals surface area contributed by atoms with Crippen LogP contribution in [0.1, 0.15) is 30.5 Å². The Morgan fingerprint density at radius 1 is 1.33 bits per heavy atom. The Kier molecular flexibility index (Phi) is 5.16. The maximum atomic E-state index is 10.9. The van der Waals surface area contributed by atoms with E-state index in [1.807, 2.05) is 11.9 Å². The number of carboxylic acid groups (broad SMARTS) is 1. The molecule has 1 atom stereocenters. The fourth-order valence-electron chi connectivity index (χ4n) is 3.54. The number of aromatic nitrogens is 2. The van der Waals surface area contributed by atoms with E-state index in [0.29, 0.717) is 6.04 Å². The number of rotatable bonds is 5. The number of carboxylic acids is 1. The maximum Gasteiger partial charge on any atom is 0.317 e. The van der Waals surface area contributed by atoms with E-state index < -0.39 is 5.97 Å².